The molecule has 1 heterocycles. The third kappa shape index (κ3) is 2.98. The summed E-state index contributed by atoms with van der Waals surface area (Å²) in [5.74, 6) is 0.690. The molecular weight excluding hydrogens is 224 g/mol. The third-order valence-corrected chi connectivity index (χ3v) is 3.93. The van der Waals surface area contributed by atoms with Crippen LogP contribution >= 0.6 is 23.6 Å². The highest BCUT2D eigenvalue weighted by Gasteiger charge is 2.18. The lowest BCUT2D eigenvalue weighted by atomic mass is 9.87. The summed E-state index contributed by atoms with van der Waals surface area (Å²) in [6.45, 7) is 0. The maximum absolute atomic E-state index is 5.51. The van der Waals surface area contributed by atoms with Crippen LogP contribution in [0.4, 0.5) is 0 Å². The molecule has 0 aliphatic heterocycles. The quantitative estimate of drug-likeness (QED) is 0.825. The van der Waals surface area contributed by atoms with E-state index in [1.165, 1.54) is 37.8 Å². The van der Waals surface area contributed by atoms with Gasteiger partial charge in [-0.1, -0.05) is 31.5 Å². The van der Waals surface area contributed by atoms with Crippen LogP contribution in [0.25, 0.3) is 0 Å². The van der Waals surface area contributed by atoms with Crippen LogP contribution in [-0.4, -0.2) is 9.97 Å². The van der Waals surface area contributed by atoms with Gasteiger partial charge in [-0.3, -0.25) is 0 Å². The Kier molecular flexibility index (Phi) is 3.70. The molecule has 1 saturated carbocycles. The zero-order valence-electron chi connectivity index (χ0n) is 8.74. The fraction of sp³-hybridized carbons (Fsp3) is 0.636. The van der Waals surface area contributed by atoms with Crippen LogP contribution < -0.4 is 5.73 Å². The summed E-state index contributed by atoms with van der Waals surface area (Å²) in [6.07, 6.45) is 7.36. The molecular formula is C11H16N2S2. The van der Waals surface area contributed by atoms with E-state index in [4.69, 9.17) is 18.0 Å². The topological polar surface area (TPSA) is 38.9 Å². The minimum atomic E-state index is 0.541. The number of nitrogens with two attached hydrogens (primary N) is 1. The van der Waals surface area contributed by atoms with Crippen molar-refractivity contribution in [2.75, 3.05) is 0 Å². The lowest BCUT2D eigenvalue weighted by Crippen LogP contribution is -2.11. The molecule has 0 saturated heterocycles. The molecule has 15 heavy (non-hydrogen) atoms. The van der Waals surface area contributed by atoms with Gasteiger partial charge in [0.25, 0.3) is 0 Å². The van der Waals surface area contributed by atoms with Crippen molar-refractivity contribution in [3.05, 3.63) is 16.1 Å². The van der Waals surface area contributed by atoms with Crippen molar-refractivity contribution in [3.8, 4) is 0 Å². The van der Waals surface area contributed by atoms with E-state index in [0.29, 0.717) is 17.3 Å². The summed E-state index contributed by atoms with van der Waals surface area (Å²) in [7, 11) is 0. The molecule has 0 spiro atoms. The van der Waals surface area contributed by atoms with Crippen molar-refractivity contribution in [1.29, 1.82) is 0 Å². The summed E-state index contributed by atoms with van der Waals surface area (Å²) in [5.41, 5.74) is 6.78. The molecule has 0 bridgehead atoms. The Labute approximate surface area is 99.9 Å². The van der Waals surface area contributed by atoms with Gasteiger partial charge in [-0.15, -0.1) is 11.3 Å². The Morgan fingerprint density at radius 1 is 1.47 bits per heavy atom. The second-order valence-corrected chi connectivity index (χ2v) is 5.61. The predicted molar refractivity (Wildman–Crippen MR) is 68.4 cm³/mol. The molecule has 1 aromatic heterocycles. The van der Waals surface area contributed by atoms with E-state index in [1.807, 2.05) is 0 Å². The zero-order chi connectivity index (χ0) is 10.7. The summed E-state index contributed by atoms with van der Waals surface area (Å²) in [6, 6.07) is 0. The van der Waals surface area contributed by atoms with Crippen molar-refractivity contribution >= 4 is 28.5 Å². The van der Waals surface area contributed by atoms with Gasteiger partial charge in [-0.05, 0) is 12.8 Å². The highest BCUT2D eigenvalue weighted by molar-refractivity contribution is 7.80. The van der Waals surface area contributed by atoms with Gasteiger partial charge in [0.15, 0.2) is 0 Å². The number of nitrogens with zero attached hydrogens (tertiary/aromatic N) is 1. The fourth-order valence-electron chi connectivity index (χ4n) is 2.14. The number of thiocarbonyl (C=S) groups is 1. The van der Waals surface area contributed by atoms with Crippen molar-refractivity contribution in [1.82, 2.24) is 4.98 Å². The van der Waals surface area contributed by atoms with E-state index in [2.05, 4.69) is 10.4 Å². The van der Waals surface area contributed by atoms with E-state index in [-0.39, 0.29) is 0 Å². The SMILES string of the molecule is NC(=S)Cc1nc(C2CCCCC2)cs1. The first-order valence-corrected chi connectivity index (χ1v) is 6.77. The number of rotatable bonds is 3. The first-order valence-electron chi connectivity index (χ1n) is 5.48. The van der Waals surface area contributed by atoms with Crippen molar-refractivity contribution < 1.29 is 0 Å². The lowest BCUT2D eigenvalue weighted by molar-refractivity contribution is 0.437. The summed E-state index contributed by atoms with van der Waals surface area (Å²) in [5, 5.41) is 3.26. The van der Waals surface area contributed by atoms with Crippen LogP contribution in [0.5, 0.6) is 0 Å². The van der Waals surface area contributed by atoms with Gasteiger partial charge in [0.1, 0.15) is 0 Å². The Balaban J connectivity index is 2.02. The first kappa shape index (κ1) is 11.0. The molecule has 0 radical (unpaired) electrons. The zero-order valence-corrected chi connectivity index (χ0v) is 10.4. The van der Waals surface area contributed by atoms with Crippen LogP contribution in [0.3, 0.4) is 0 Å². The Morgan fingerprint density at radius 2 is 2.20 bits per heavy atom. The molecule has 4 heteroatoms. The number of thiazole rings is 1. The lowest BCUT2D eigenvalue weighted by Gasteiger charge is -2.19. The Hall–Kier alpha value is -0.480. The minimum Gasteiger partial charge on any atom is -0.393 e. The Morgan fingerprint density at radius 3 is 2.87 bits per heavy atom. The number of hydrogen-bond acceptors (Lipinski definition) is 3. The highest BCUT2D eigenvalue weighted by Crippen LogP contribution is 2.33. The molecule has 1 aliphatic rings. The molecule has 1 aromatic rings. The average molecular weight is 240 g/mol. The Bertz CT molecular complexity index is 340. The van der Waals surface area contributed by atoms with Gasteiger partial charge < -0.3 is 5.73 Å². The van der Waals surface area contributed by atoms with E-state index in [9.17, 15) is 0 Å². The number of aromatic nitrogens is 1. The summed E-state index contributed by atoms with van der Waals surface area (Å²) >= 11 is 6.58. The van der Waals surface area contributed by atoms with Crippen LogP contribution in [0.1, 0.15) is 48.7 Å². The molecule has 0 amide bonds. The molecule has 1 aliphatic carbocycles. The maximum atomic E-state index is 5.51. The molecule has 1 fully saturated rings. The monoisotopic (exact) mass is 240 g/mol. The first-order chi connectivity index (χ1) is 7.25. The van der Waals surface area contributed by atoms with Crippen LogP contribution in [-0.2, 0) is 6.42 Å². The van der Waals surface area contributed by atoms with Crippen LogP contribution in [0.15, 0.2) is 5.38 Å². The standard InChI is InChI=1S/C11H16N2S2/c12-10(14)6-11-13-9(7-15-11)8-4-2-1-3-5-8/h7-8H,1-6H2,(H2,12,14). The van der Waals surface area contributed by atoms with E-state index in [0.717, 1.165) is 5.01 Å². The normalized spacial score (nSPS) is 17.9. The maximum Gasteiger partial charge on any atom is 0.0995 e. The van der Waals surface area contributed by atoms with Crippen molar-refractivity contribution in [2.45, 2.75) is 44.4 Å². The van der Waals surface area contributed by atoms with Gasteiger partial charge in [0, 0.05) is 17.7 Å². The second kappa shape index (κ2) is 5.03. The number of hydrogen-bond donors (Lipinski definition) is 1. The van der Waals surface area contributed by atoms with E-state index < -0.39 is 0 Å². The smallest absolute Gasteiger partial charge is 0.0995 e. The van der Waals surface area contributed by atoms with Crippen molar-refractivity contribution in [3.63, 3.8) is 0 Å². The minimum absolute atomic E-state index is 0.541. The summed E-state index contributed by atoms with van der Waals surface area (Å²) < 4.78 is 0. The van der Waals surface area contributed by atoms with Gasteiger partial charge in [0.05, 0.1) is 15.7 Å². The summed E-state index contributed by atoms with van der Waals surface area (Å²) in [4.78, 5) is 5.17. The average Bonchev–Trinajstić information content (AvgIpc) is 2.67. The van der Waals surface area contributed by atoms with Gasteiger partial charge in [0.2, 0.25) is 0 Å². The third-order valence-electron chi connectivity index (χ3n) is 2.92. The molecule has 82 valence electrons. The van der Waals surface area contributed by atoms with E-state index >= 15 is 0 Å². The largest absolute Gasteiger partial charge is 0.393 e. The highest BCUT2D eigenvalue weighted by atomic mass is 32.1. The molecule has 2 nitrogen and oxygen atoms in total. The molecule has 2 rings (SSSR count). The van der Waals surface area contributed by atoms with Gasteiger partial charge in [-0.2, -0.15) is 0 Å². The fourth-order valence-corrected chi connectivity index (χ4v) is 3.27. The molecule has 2 N–H and O–H groups in total. The molecule has 0 aromatic carbocycles. The van der Waals surface area contributed by atoms with Gasteiger partial charge in [-0.25, -0.2) is 4.98 Å². The van der Waals surface area contributed by atoms with Crippen LogP contribution in [0, 0.1) is 0 Å². The van der Waals surface area contributed by atoms with Gasteiger partial charge >= 0.3 is 0 Å². The molecule has 0 atom stereocenters. The van der Waals surface area contributed by atoms with E-state index in [1.54, 1.807) is 11.3 Å². The predicted octanol–water partition coefficient (Wildman–Crippen LogP) is 3.02. The second-order valence-electron chi connectivity index (χ2n) is 4.14. The van der Waals surface area contributed by atoms with Crippen LogP contribution in [0.2, 0.25) is 0 Å². The molecule has 0 unspecified atom stereocenters. The van der Waals surface area contributed by atoms with Crippen molar-refractivity contribution in [2.24, 2.45) is 5.73 Å².